The van der Waals surface area contributed by atoms with E-state index < -0.39 is 6.36 Å². The van der Waals surface area contributed by atoms with Gasteiger partial charge in [0.15, 0.2) is 0 Å². The fraction of sp³-hybridized carbons (Fsp3) is 0.200. The number of ether oxygens (including phenoxy) is 1. The molecule has 1 amide bonds. The SMILES string of the molecule is C=CC(=O)NCc1cc(-c2ccc(OC(F)(F)F)cc2)c2c(c1CO)N=CCN2. The third kappa shape index (κ3) is 4.75. The van der Waals surface area contributed by atoms with Crippen molar-refractivity contribution >= 4 is 23.5 Å². The van der Waals surface area contributed by atoms with Crippen LogP contribution in [0, 0.1) is 0 Å². The molecular weight excluding hydrogens is 387 g/mol. The first-order valence-electron chi connectivity index (χ1n) is 8.65. The van der Waals surface area contributed by atoms with Crippen molar-refractivity contribution in [2.75, 3.05) is 11.9 Å². The molecule has 0 bridgehead atoms. The summed E-state index contributed by atoms with van der Waals surface area (Å²) < 4.78 is 41.1. The molecular formula is C20H18F3N3O3. The molecule has 0 saturated heterocycles. The third-order valence-corrected chi connectivity index (χ3v) is 4.28. The number of hydrogen-bond acceptors (Lipinski definition) is 5. The number of amides is 1. The van der Waals surface area contributed by atoms with Crippen molar-refractivity contribution in [3.8, 4) is 16.9 Å². The highest BCUT2D eigenvalue weighted by atomic mass is 19.4. The van der Waals surface area contributed by atoms with Crippen LogP contribution in [-0.4, -0.2) is 30.1 Å². The minimum Gasteiger partial charge on any atom is -0.406 e. The normalized spacial score (nSPS) is 12.7. The smallest absolute Gasteiger partial charge is 0.406 e. The van der Waals surface area contributed by atoms with Crippen LogP contribution in [-0.2, 0) is 17.9 Å². The molecule has 1 aliphatic rings. The van der Waals surface area contributed by atoms with Gasteiger partial charge in [-0.25, -0.2) is 0 Å². The highest BCUT2D eigenvalue weighted by molar-refractivity contribution is 5.94. The Kier molecular flexibility index (Phi) is 5.88. The van der Waals surface area contributed by atoms with Gasteiger partial charge in [-0.1, -0.05) is 18.7 Å². The first kappa shape index (κ1) is 20.4. The van der Waals surface area contributed by atoms with Crippen molar-refractivity contribution in [1.82, 2.24) is 5.32 Å². The summed E-state index contributed by atoms with van der Waals surface area (Å²) in [5.74, 6) is -0.699. The van der Waals surface area contributed by atoms with E-state index in [1.807, 2.05) is 0 Å². The second-order valence-corrected chi connectivity index (χ2v) is 6.13. The topological polar surface area (TPSA) is 83.0 Å². The van der Waals surface area contributed by atoms with Crippen LogP contribution in [0.5, 0.6) is 5.75 Å². The summed E-state index contributed by atoms with van der Waals surface area (Å²) in [5.41, 5.74) is 3.66. The van der Waals surface area contributed by atoms with Gasteiger partial charge < -0.3 is 20.5 Å². The molecule has 0 unspecified atom stereocenters. The van der Waals surface area contributed by atoms with Crippen molar-refractivity contribution < 1.29 is 27.8 Å². The number of aliphatic hydroxyl groups is 1. The summed E-state index contributed by atoms with van der Waals surface area (Å²) >= 11 is 0. The average Bonchev–Trinajstić information content (AvgIpc) is 2.70. The largest absolute Gasteiger partial charge is 0.573 e. The lowest BCUT2D eigenvalue weighted by molar-refractivity contribution is -0.274. The van der Waals surface area contributed by atoms with Crippen molar-refractivity contribution in [3.05, 3.63) is 54.1 Å². The fourth-order valence-corrected chi connectivity index (χ4v) is 3.02. The molecule has 1 heterocycles. The second kappa shape index (κ2) is 8.36. The molecule has 2 aromatic carbocycles. The zero-order valence-corrected chi connectivity index (χ0v) is 15.2. The van der Waals surface area contributed by atoms with E-state index in [2.05, 4.69) is 26.9 Å². The zero-order chi connectivity index (χ0) is 21.0. The average molecular weight is 405 g/mol. The summed E-state index contributed by atoms with van der Waals surface area (Å²) in [6, 6.07) is 7.21. The molecule has 2 aromatic rings. The van der Waals surface area contributed by atoms with Crippen LogP contribution in [0.15, 0.2) is 48.0 Å². The molecule has 152 valence electrons. The molecule has 0 spiro atoms. The number of aliphatic imine (C=N–C) groups is 1. The zero-order valence-electron chi connectivity index (χ0n) is 15.2. The Morgan fingerprint density at radius 1 is 1.34 bits per heavy atom. The van der Waals surface area contributed by atoms with Gasteiger partial charge >= 0.3 is 6.36 Å². The number of rotatable bonds is 6. The van der Waals surface area contributed by atoms with Crippen molar-refractivity contribution in [1.29, 1.82) is 0 Å². The van der Waals surface area contributed by atoms with E-state index in [-0.39, 0.29) is 24.8 Å². The summed E-state index contributed by atoms with van der Waals surface area (Å²) in [7, 11) is 0. The number of aliphatic hydroxyl groups excluding tert-OH is 1. The summed E-state index contributed by atoms with van der Waals surface area (Å²) in [4.78, 5) is 15.9. The van der Waals surface area contributed by atoms with E-state index in [1.165, 1.54) is 24.3 Å². The maximum Gasteiger partial charge on any atom is 0.573 e. The van der Waals surface area contributed by atoms with Gasteiger partial charge in [-0.05, 0) is 35.4 Å². The van der Waals surface area contributed by atoms with Crippen LogP contribution in [0.2, 0.25) is 0 Å². The summed E-state index contributed by atoms with van der Waals surface area (Å²) in [6.07, 6.45) is -1.98. The molecule has 0 radical (unpaired) electrons. The lowest BCUT2D eigenvalue weighted by Crippen LogP contribution is -2.21. The second-order valence-electron chi connectivity index (χ2n) is 6.13. The van der Waals surface area contributed by atoms with E-state index in [4.69, 9.17) is 0 Å². The summed E-state index contributed by atoms with van der Waals surface area (Å²) in [5, 5.41) is 15.7. The van der Waals surface area contributed by atoms with Gasteiger partial charge in [-0.3, -0.25) is 9.79 Å². The van der Waals surface area contributed by atoms with Crippen LogP contribution < -0.4 is 15.4 Å². The molecule has 3 N–H and O–H groups in total. The first-order valence-corrected chi connectivity index (χ1v) is 8.65. The number of carbonyl (C=O) groups excluding carboxylic acids is 1. The molecule has 29 heavy (non-hydrogen) atoms. The highest BCUT2D eigenvalue weighted by Gasteiger charge is 2.31. The van der Waals surface area contributed by atoms with Gasteiger partial charge in [0.05, 0.1) is 24.5 Å². The van der Waals surface area contributed by atoms with Crippen LogP contribution in [0.1, 0.15) is 11.1 Å². The number of benzene rings is 2. The van der Waals surface area contributed by atoms with Gasteiger partial charge in [-0.15, -0.1) is 13.2 Å². The van der Waals surface area contributed by atoms with Crippen molar-refractivity contribution in [3.63, 3.8) is 0 Å². The predicted molar refractivity (Wildman–Crippen MR) is 103 cm³/mol. The van der Waals surface area contributed by atoms with Crippen LogP contribution in [0.3, 0.4) is 0 Å². The Hall–Kier alpha value is -3.33. The maximum atomic E-state index is 12.4. The minimum absolute atomic E-state index is 0.131. The van der Waals surface area contributed by atoms with Gasteiger partial charge in [0.1, 0.15) is 5.75 Å². The Morgan fingerprint density at radius 3 is 2.69 bits per heavy atom. The highest BCUT2D eigenvalue weighted by Crippen LogP contribution is 2.42. The number of nitrogens with zero attached hydrogens (tertiary/aromatic N) is 1. The Labute approximate surface area is 164 Å². The number of halogens is 3. The number of anilines is 1. The number of alkyl halides is 3. The van der Waals surface area contributed by atoms with Gasteiger partial charge in [0.2, 0.25) is 5.91 Å². The predicted octanol–water partition coefficient (Wildman–Crippen LogP) is 3.67. The Morgan fingerprint density at radius 2 is 2.07 bits per heavy atom. The number of fused-ring (bicyclic) bond motifs is 1. The van der Waals surface area contributed by atoms with E-state index in [9.17, 15) is 23.1 Å². The van der Waals surface area contributed by atoms with E-state index in [0.717, 1.165) is 6.08 Å². The molecule has 0 fully saturated rings. The maximum absolute atomic E-state index is 12.4. The fourth-order valence-electron chi connectivity index (χ4n) is 3.02. The van der Waals surface area contributed by atoms with Crippen LogP contribution >= 0.6 is 0 Å². The molecule has 9 heteroatoms. The molecule has 0 aromatic heterocycles. The third-order valence-electron chi connectivity index (χ3n) is 4.28. The number of nitrogens with one attached hydrogen (secondary N) is 2. The van der Waals surface area contributed by atoms with E-state index in [1.54, 1.807) is 12.3 Å². The monoisotopic (exact) mass is 405 g/mol. The minimum atomic E-state index is -4.77. The number of hydrogen-bond donors (Lipinski definition) is 3. The van der Waals surface area contributed by atoms with E-state index in [0.29, 0.717) is 40.2 Å². The molecule has 0 saturated carbocycles. The Bertz CT molecular complexity index is 954. The van der Waals surface area contributed by atoms with E-state index >= 15 is 0 Å². The molecule has 6 nitrogen and oxygen atoms in total. The van der Waals surface area contributed by atoms with Gasteiger partial charge in [0, 0.05) is 23.9 Å². The number of carbonyl (C=O) groups is 1. The lowest BCUT2D eigenvalue weighted by atomic mass is 9.94. The van der Waals surface area contributed by atoms with Crippen LogP contribution in [0.25, 0.3) is 11.1 Å². The first-order chi connectivity index (χ1) is 13.8. The van der Waals surface area contributed by atoms with Crippen LogP contribution in [0.4, 0.5) is 24.5 Å². The van der Waals surface area contributed by atoms with Gasteiger partial charge in [0.25, 0.3) is 0 Å². The summed E-state index contributed by atoms with van der Waals surface area (Å²) in [6.45, 7) is 3.70. The van der Waals surface area contributed by atoms with Crippen molar-refractivity contribution in [2.45, 2.75) is 19.5 Å². The quantitative estimate of drug-likeness (QED) is 0.641. The van der Waals surface area contributed by atoms with Crippen molar-refractivity contribution in [2.24, 2.45) is 4.99 Å². The Balaban J connectivity index is 2.04. The molecule has 1 aliphatic heterocycles. The molecule has 3 rings (SSSR count). The standard InChI is InChI=1S/C20H18F3N3O3/c1-2-17(28)26-10-13-9-15(18-19(16(13)11-27)25-8-7-24-18)12-3-5-14(6-4-12)29-20(21,22)23/h2-6,8-9,24,27H,1,7,10-11H2,(H,26,28). The lowest BCUT2D eigenvalue weighted by Gasteiger charge is -2.22. The molecule has 0 atom stereocenters. The molecule has 0 aliphatic carbocycles. The van der Waals surface area contributed by atoms with Gasteiger partial charge in [-0.2, -0.15) is 0 Å².